The summed E-state index contributed by atoms with van der Waals surface area (Å²) in [6, 6.07) is 6.74. The first-order chi connectivity index (χ1) is 7.29. The van der Waals surface area contributed by atoms with Gasteiger partial charge in [0.1, 0.15) is 0 Å². The fourth-order valence-electron chi connectivity index (χ4n) is 1.12. The van der Waals surface area contributed by atoms with Crippen LogP contribution in [0.25, 0.3) is 0 Å². The average molecular weight is 221 g/mol. The van der Waals surface area contributed by atoms with Crippen LogP contribution >= 0.6 is 0 Å². The Morgan fingerprint density at radius 3 is 1.50 bits per heavy atom. The zero-order valence-corrected chi connectivity index (χ0v) is 10.1. The van der Waals surface area contributed by atoms with Crippen LogP contribution in [0.15, 0.2) is 24.3 Å². The van der Waals surface area contributed by atoms with E-state index in [4.69, 9.17) is 0 Å². The SMILES string of the molecule is C[N+](C)(C)C.O=C1NC(=O)c2ccccc21. The van der Waals surface area contributed by atoms with Crippen molar-refractivity contribution < 1.29 is 14.1 Å². The summed E-state index contributed by atoms with van der Waals surface area (Å²) in [4.78, 5) is 21.9. The zero-order valence-electron chi connectivity index (χ0n) is 10.1. The minimum Gasteiger partial charge on any atom is -0.333 e. The van der Waals surface area contributed by atoms with Gasteiger partial charge in [0.05, 0.1) is 39.3 Å². The summed E-state index contributed by atoms with van der Waals surface area (Å²) in [5.74, 6) is -0.601. The topological polar surface area (TPSA) is 46.2 Å². The number of nitrogens with one attached hydrogen (secondary N) is 1. The largest absolute Gasteiger partial charge is 0.333 e. The second-order valence-corrected chi connectivity index (χ2v) is 5.01. The van der Waals surface area contributed by atoms with Crippen LogP contribution in [0.4, 0.5) is 0 Å². The Bertz CT molecular complexity index is 380. The number of hydrogen-bond acceptors (Lipinski definition) is 2. The number of imide groups is 1. The lowest BCUT2D eigenvalue weighted by molar-refractivity contribution is -0.849. The predicted octanol–water partition coefficient (Wildman–Crippen LogP) is 0.893. The summed E-state index contributed by atoms with van der Waals surface area (Å²) in [5.41, 5.74) is 0.940. The van der Waals surface area contributed by atoms with Crippen LogP contribution in [-0.2, 0) is 0 Å². The monoisotopic (exact) mass is 221 g/mol. The van der Waals surface area contributed by atoms with Crippen molar-refractivity contribution in [3.63, 3.8) is 0 Å². The summed E-state index contributed by atoms with van der Waals surface area (Å²) >= 11 is 0. The van der Waals surface area contributed by atoms with Crippen LogP contribution in [0.1, 0.15) is 20.7 Å². The molecule has 0 radical (unpaired) electrons. The second-order valence-electron chi connectivity index (χ2n) is 5.01. The molecule has 0 bridgehead atoms. The molecule has 4 nitrogen and oxygen atoms in total. The van der Waals surface area contributed by atoms with E-state index in [9.17, 15) is 9.59 Å². The smallest absolute Gasteiger partial charge is 0.258 e. The number of carbonyl (C=O) groups is 2. The summed E-state index contributed by atoms with van der Waals surface area (Å²) in [6.45, 7) is 0. The first-order valence-electron chi connectivity index (χ1n) is 5.02. The lowest BCUT2D eigenvalue weighted by Gasteiger charge is -2.14. The highest BCUT2D eigenvalue weighted by Crippen LogP contribution is 2.13. The van der Waals surface area contributed by atoms with Crippen LogP contribution in [0.2, 0.25) is 0 Å². The first kappa shape index (κ1) is 12.4. The van der Waals surface area contributed by atoms with Crippen molar-refractivity contribution in [2.75, 3.05) is 28.2 Å². The molecule has 2 rings (SSSR count). The van der Waals surface area contributed by atoms with Crippen LogP contribution in [-0.4, -0.2) is 44.5 Å². The number of carbonyl (C=O) groups excluding carboxylic acids is 2. The number of fused-ring (bicyclic) bond motifs is 1. The van der Waals surface area contributed by atoms with E-state index in [0.717, 1.165) is 4.48 Å². The number of amides is 2. The second kappa shape index (κ2) is 4.45. The average Bonchev–Trinajstić information content (AvgIpc) is 2.41. The van der Waals surface area contributed by atoms with Crippen molar-refractivity contribution >= 4 is 11.8 Å². The lowest BCUT2D eigenvalue weighted by atomic mass is 10.1. The maximum Gasteiger partial charge on any atom is 0.258 e. The van der Waals surface area contributed by atoms with Gasteiger partial charge in [0.25, 0.3) is 11.8 Å². The van der Waals surface area contributed by atoms with Crippen LogP contribution in [0, 0.1) is 0 Å². The highest BCUT2D eigenvalue weighted by molar-refractivity contribution is 6.21. The van der Waals surface area contributed by atoms with Crippen molar-refractivity contribution in [1.29, 1.82) is 0 Å². The van der Waals surface area contributed by atoms with E-state index in [1.165, 1.54) is 0 Å². The molecule has 0 saturated heterocycles. The van der Waals surface area contributed by atoms with Crippen molar-refractivity contribution in [2.45, 2.75) is 0 Å². The zero-order chi connectivity index (χ0) is 12.3. The van der Waals surface area contributed by atoms with E-state index < -0.39 is 0 Å². The molecule has 2 amide bonds. The van der Waals surface area contributed by atoms with Gasteiger partial charge >= 0.3 is 0 Å². The highest BCUT2D eigenvalue weighted by atomic mass is 16.2. The van der Waals surface area contributed by atoms with E-state index in [-0.39, 0.29) is 11.8 Å². The predicted molar refractivity (Wildman–Crippen MR) is 62.2 cm³/mol. The molecule has 16 heavy (non-hydrogen) atoms. The molecular weight excluding hydrogens is 204 g/mol. The molecule has 0 aliphatic carbocycles. The minimum absolute atomic E-state index is 0.300. The number of rotatable bonds is 0. The van der Waals surface area contributed by atoms with E-state index >= 15 is 0 Å². The summed E-state index contributed by atoms with van der Waals surface area (Å²) in [5, 5.41) is 2.20. The first-order valence-corrected chi connectivity index (χ1v) is 5.02. The Labute approximate surface area is 95.5 Å². The molecule has 4 heteroatoms. The van der Waals surface area contributed by atoms with E-state index in [1.807, 2.05) is 0 Å². The molecule has 1 aromatic carbocycles. The van der Waals surface area contributed by atoms with Crippen molar-refractivity contribution in [3.8, 4) is 0 Å². The molecule has 0 aromatic heterocycles. The van der Waals surface area contributed by atoms with Crippen LogP contribution in [0.3, 0.4) is 0 Å². The van der Waals surface area contributed by atoms with Gasteiger partial charge in [-0.25, -0.2) is 0 Å². The Morgan fingerprint density at radius 2 is 1.19 bits per heavy atom. The normalized spacial score (nSPS) is 13.8. The third kappa shape index (κ3) is 3.47. The van der Waals surface area contributed by atoms with Crippen molar-refractivity contribution in [1.82, 2.24) is 5.32 Å². The molecule has 1 aliphatic heterocycles. The molecule has 0 unspecified atom stereocenters. The van der Waals surface area contributed by atoms with Gasteiger partial charge in [-0.05, 0) is 12.1 Å². The quantitative estimate of drug-likeness (QED) is 0.522. The maximum absolute atomic E-state index is 10.9. The molecule has 1 heterocycles. The maximum atomic E-state index is 10.9. The number of quaternary nitrogens is 1. The van der Waals surface area contributed by atoms with Gasteiger partial charge in [-0.2, -0.15) is 0 Å². The van der Waals surface area contributed by atoms with Gasteiger partial charge in [-0.3, -0.25) is 14.9 Å². The van der Waals surface area contributed by atoms with Crippen molar-refractivity contribution in [3.05, 3.63) is 35.4 Å². The fourth-order valence-corrected chi connectivity index (χ4v) is 1.12. The van der Waals surface area contributed by atoms with Gasteiger partial charge in [0, 0.05) is 0 Å². The van der Waals surface area contributed by atoms with Crippen LogP contribution < -0.4 is 5.32 Å². The van der Waals surface area contributed by atoms with Gasteiger partial charge in [-0.1, -0.05) is 12.1 Å². The highest BCUT2D eigenvalue weighted by Gasteiger charge is 2.25. The molecule has 1 N–H and O–H groups in total. The minimum atomic E-state index is -0.300. The Kier molecular flexibility index (Phi) is 3.44. The van der Waals surface area contributed by atoms with Gasteiger partial charge in [-0.15, -0.1) is 0 Å². The Morgan fingerprint density at radius 1 is 0.875 bits per heavy atom. The molecule has 0 fully saturated rings. The third-order valence-electron chi connectivity index (χ3n) is 1.64. The van der Waals surface area contributed by atoms with Gasteiger partial charge in [0.15, 0.2) is 0 Å². The summed E-state index contributed by atoms with van der Waals surface area (Å²) < 4.78 is 1.00. The number of hydrogen-bond donors (Lipinski definition) is 1. The number of nitrogens with zero attached hydrogens (tertiary/aromatic N) is 1. The molecular formula is C12H17N2O2+. The third-order valence-corrected chi connectivity index (χ3v) is 1.64. The standard InChI is InChI=1S/C8H5NO2.C4H12N/c10-7-5-3-1-2-4-6(5)8(11)9-7;1-5(2,3)4/h1-4H,(H,9,10,11);1-4H3/q;+1. The molecule has 0 atom stereocenters. The Balaban J connectivity index is 0.000000221. The Hall–Kier alpha value is -1.68. The van der Waals surface area contributed by atoms with Crippen molar-refractivity contribution in [2.24, 2.45) is 0 Å². The molecule has 0 saturated carbocycles. The molecule has 0 spiro atoms. The van der Waals surface area contributed by atoms with E-state index in [1.54, 1.807) is 24.3 Å². The molecule has 1 aliphatic rings. The molecule has 86 valence electrons. The summed E-state index contributed by atoms with van der Waals surface area (Å²) in [6.07, 6.45) is 0. The van der Waals surface area contributed by atoms with Gasteiger partial charge < -0.3 is 4.48 Å². The summed E-state index contributed by atoms with van der Waals surface area (Å²) in [7, 11) is 8.50. The van der Waals surface area contributed by atoms with E-state index in [2.05, 4.69) is 33.5 Å². The fraction of sp³-hybridized carbons (Fsp3) is 0.333. The van der Waals surface area contributed by atoms with Gasteiger partial charge in [0.2, 0.25) is 0 Å². The van der Waals surface area contributed by atoms with Crippen LogP contribution in [0.5, 0.6) is 0 Å². The lowest BCUT2D eigenvalue weighted by Crippen LogP contribution is -2.27. The molecule has 1 aromatic rings. The number of benzene rings is 1. The van der Waals surface area contributed by atoms with E-state index in [0.29, 0.717) is 11.1 Å².